The number of amides is 1. The number of hydrogen-bond acceptors (Lipinski definition) is 6. The number of guanidine groups is 1. The lowest BCUT2D eigenvalue weighted by atomic mass is 9.86. The first-order valence-corrected chi connectivity index (χ1v) is 11.6. The molecule has 0 aromatic heterocycles. The predicted octanol–water partition coefficient (Wildman–Crippen LogP) is -0.0321. The van der Waals surface area contributed by atoms with E-state index in [1.54, 1.807) is 0 Å². The van der Waals surface area contributed by atoms with Gasteiger partial charge in [-0.15, -0.1) is 11.6 Å². The molecule has 1 aromatic carbocycles. The predicted molar refractivity (Wildman–Crippen MR) is 126 cm³/mol. The summed E-state index contributed by atoms with van der Waals surface area (Å²) in [6.45, 7) is 2.61. The van der Waals surface area contributed by atoms with Crippen LogP contribution in [-0.4, -0.2) is 77.3 Å². The number of benzene rings is 1. The van der Waals surface area contributed by atoms with E-state index in [9.17, 15) is 9.59 Å². The summed E-state index contributed by atoms with van der Waals surface area (Å²) < 4.78 is 0. The number of hydrogen-bond donors (Lipinski definition) is 4. The quantitative estimate of drug-likeness (QED) is 0.165. The van der Waals surface area contributed by atoms with Crippen LogP contribution in [0.4, 0.5) is 0 Å². The van der Waals surface area contributed by atoms with Gasteiger partial charge in [0.2, 0.25) is 5.91 Å². The lowest BCUT2D eigenvalue weighted by molar-refractivity contribution is -0.136. The van der Waals surface area contributed by atoms with E-state index < -0.39 is 11.6 Å². The number of nitrogens with zero attached hydrogens (tertiary/aromatic N) is 3. The second-order valence-corrected chi connectivity index (χ2v) is 9.01. The highest BCUT2D eigenvalue weighted by Crippen LogP contribution is 2.30. The molecular formula is C22H34ClN7O2. The Morgan fingerprint density at radius 3 is 2.69 bits per heavy atom. The Hall–Kier alpha value is -2.20. The molecule has 0 saturated carbocycles. The Labute approximate surface area is 194 Å². The number of carbonyl (C=O) groups excluding carboxylic acids is 2. The molecule has 9 nitrogen and oxygen atoms in total. The standard InChI is InChI=1S/C22H34ClN7O2/c23-14-19(31)17(7-4-10-27-21(24)25)28-20(32)18-8-11-29-12-9-22(26,15-30(18)29)13-16-5-2-1-3-6-16/h1-3,5-6,17-18H,4,7-15,26H2,(H,28,32)(H4,24,25,27)/t17-,18-,22+/m0/s1. The second-order valence-electron chi connectivity index (χ2n) is 8.74. The Balaban J connectivity index is 1.62. The van der Waals surface area contributed by atoms with Crippen molar-refractivity contribution in [1.29, 1.82) is 0 Å². The third-order valence-electron chi connectivity index (χ3n) is 6.21. The summed E-state index contributed by atoms with van der Waals surface area (Å²) in [6, 6.07) is 9.19. The molecule has 3 rings (SSSR count). The van der Waals surface area contributed by atoms with Crippen molar-refractivity contribution >= 4 is 29.3 Å². The number of carbonyl (C=O) groups is 2. The summed E-state index contributed by atoms with van der Waals surface area (Å²) in [5.74, 6) is -0.528. The van der Waals surface area contributed by atoms with Crippen molar-refractivity contribution in [3.05, 3.63) is 35.9 Å². The molecule has 2 heterocycles. The molecule has 2 aliphatic heterocycles. The van der Waals surface area contributed by atoms with Crippen LogP contribution in [0.2, 0.25) is 0 Å². The molecule has 2 fully saturated rings. The highest BCUT2D eigenvalue weighted by Gasteiger charge is 2.45. The van der Waals surface area contributed by atoms with Crippen molar-refractivity contribution in [3.63, 3.8) is 0 Å². The molecule has 0 spiro atoms. The van der Waals surface area contributed by atoms with Gasteiger partial charge in [0, 0.05) is 31.7 Å². The Bertz CT molecular complexity index is 818. The second kappa shape index (κ2) is 11.1. The summed E-state index contributed by atoms with van der Waals surface area (Å²) in [5.41, 5.74) is 18.2. The van der Waals surface area contributed by atoms with E-state index >= 15 is 0 Å². The Morgan fingerprint density at radius 2 is 2.00 bits per heavy atom. The van der Waals surface area contributed by atoms with Crippen molar-refractivity contribution in [1.82, 2.24) is 15.3 Å². The number of ketones is 1. The van der Waals surface area contributed by atoms with Gasteiger partial charge in [0.1, 0.15) is 6.04 Å². The van der Waals surface area contributed by atoms with Gasteiger partial charge in [0.05, 0.1) is 11.9 Å². The van der Waals surface area contributed by atoms with E-state index in [1.165, 1.54) is 5.56 Å². The van der Waals surface area contributed by atoms with Crippen LogP contribution in [0.1, 0.15) is 31.2 Å². The molecule has 3 atom stereocenters. The maximum Gasteiger partial charge on any atom is 0.239 e. The van der Waals surface area contributed by atoms with Crippen LogP contribution in [0.3, 0.4) is 0 Å². The molecule has 10 heteroatoms. The van der Waals surface area contributed by atoms with Crippen LogP contribution in [0, 0.1) is 0 Å². The lowest BCUT2D eigenvalue weighted by Gasteiger charge is -2.45. The molecule has 0 bridgehead atoms. The maximum atomic E-state index is 13.2. The zero-order valence-corrected chi connectivity index (χ0v) is 19.1. The largest absolute Gasteiger partial charge is 0.370 e. The topological polar surface area (TPSA) is 143 Å². The number of nitrogens with two attached hydrogens (primary N) is 3. The number of rotatable bonds is 10. The van der Waals surface area contributed by atoms with Crippen LogP contribution in [0.25, 0.3) is 0 Å². The van der Waals surface area contributed by atoms with Crippen molar-refractivity contribution in [2.24, 2.45) is 22.2 Å². The molecule has 1 amide bonds. The fourth-order valence-corrected chi connectivity index (χ4v) is 4.73. The Morgan fingerprint density at radius 1 is 1.25 bits per heavy atom. The Kier molecular flexibility index (Phi) is 8.47. The first kappa shape index (κ1) is 24.4. The summed E-state index contributed by atoms with van der Waals surface area (Å²) in [4.78, 5) is 29.4. The van der Waals surface area contributed by atoms with Crippen molar-refractivity contribution < 1.29 is 9.59 Å². The zero-order chi connectivity index (χ0) is 23.1. The van der Waals surface area contributed by atoms with E-state index in [-0.39, 0.29) is 29.6 Å². The fourth-order valence-electron chi connectivity index (χ4n) is 4.54. The van der Waals surface area contributed by atoms with Gasteiger partial charge in [-0.2, -0.15) is 0 Å². The van der Waals surface area contributed by atoms with E-state index in [2.05, 4.69) is 32.5 Å². The van der Waals surface area contributed by atoms with Crippen LogP contribution >= 0.6 is 11.6 Å². The summed E-state index contributed by atoms with van der Waals surface area (Å²) >= 11 is 5.77. The number of aliphatic imine (C=N–C) groups is 1. The van der Waals surface area contributed by atoms with Gasteiger partial charge >= 0.3 is 0 Å². The highest BCUT2D eigenvalue weighted by atomic mass is 35.5. The third-order valence-corrected chi connectivity index (χ3v) is 6.48. The van der Waals surface area contributed by atoms with Gasteiger partial charge in [0.25, 0.3) is 0 Å². The molecule has 176 valence electrons. The molecule has 1 aromatic rings. The number of Topliss-reactive ketones (excluding diaryl/α,β-unsaturated/α-hetero) is 1. The average Bonchev–Trinajstić information content (AvgIpc) is 3.18. The smallest absolute Gasteiger partial charge is 0.239 e. The molecule has 0 unspecified atom stereocenters. The number of halogens is 1. The average molecular weight is 464 g/mol. The first-order valence-electron chi connectivity index (χ1n) is 11.1. The van der Waals surface area contributed by atoms with Crippen molar-refractivity contribution in [3.8, 4) is 0 Å². The van der Waals surface area contributed by atoms with Crippen LogP contribution < -0.4 is 22.5 Å². The monoisotopic (exact) mass is 463 g/mol. The first-order chi connectivity index (χ1) is 15.3. The molecule has 32 heavy (non-hydrogen) atoms. The number of fused-ring (bicyclic) bond motifs is 1. The van der Waals surface area contributed by atoms with Gasteiger partial charge in [0.15, 0.2) is 11.7 Å². The minimum absolute atomic E-state index is 0.00571. The number of hydrazine groups is 1. The molecule has 7 N–H and O–H groups in total. The fraction of sp³-hybridized carbons (Fsp3) is 0.591. The van der Waals surface area contributed by atoms with Crippen molar-refractivity contribution in [2.45, 2.75) is 49.7 Å². The lowest BCUT2D eigenvalue weighted by Crippen LogP contribution is -2.64. The van der Waals surface area contributed by atoms with Crippen molar-refractivity contribution in [2.75, 3.05) is 32.1 Å². The minimum Gasteiger partial charge on any atom is -0.370 e. The zero-order valence-electron chi connectivity index (χ0n) is 18.4. The summed E-state index contributed by atoms with van der Waals surface area (Å²) in [5, 5.41) is 7.21. The molecule has 0 radical (unpaired) electrons. The van der Waals surface area contributed by atoms with Gasteiger partial charge in [-0.3, -0.25) is 14.6 Å². The molecule has 0 aliphatic carbocycles. The van der Waals surface area contributed by atoms with Crippen LogP contribution in [0.15, 0.2) is 35.3 Å². The minimum atomic E-state index is -0.653. The van der Waals surface area contributed by atoms with E-state index in [0.29, 0.717) is 32.4 Å². The SMILES string of the molecule is NC(N)=NCCC[C@H](NC(=O)[C@@H]1CCN2CC[C@@](N)(Cc3ccccc3)CN12)C(=O)CCl. The normalized spacial score (nSPS) is 24.5. The van der Waals surface area contributed by atoms with E-state index in [1.807, 2.05) is 18.2 Å². The highest BCUT2D eigenvalue weighted by molar-refractivity contribution is 6.28. The number of alkyl halides is 1. The molecule has 2 aliphatic rings. The molecular weight excluding hydrogens is 430 g/mol. The summed E-state index contributed by atoms with van der Waals surface area (Å²) in [6.07, 6.45) is 3.31. The van der Waals surface area contributed by atoms with Gasteiger partial charge in [-0.05, 0) is 37.7 Å². The van der Waals surface area contributed by atoms with Gasteiger partial charge in [-0.25, -0.2) is 10.0 Å². The van der Waals surface area contributed by atoms with Crippen LogP contribution in [0.5, 0.6) is 0 Å². The number of nitrogens with one attached hydrogen (secondary N) is 1. The van der Waals surface area contributed by atoms with Crippen LogP contribution in [-0.2, 0) is 16.0 Å². The van der Waals surface area contributed by atoms with Gasteiger partial charge < -0.3 is 22.5 Å². The summed E-state index contributed by atoms with van der Waals surface area (Å²) in [7, 11) is 0. The third kappa shape index (κ3) is 6.41. The van der Waals surface area contributed by atoms with E-state index in [0.717, 1.165) is 25.9 Å². The molecule has 2 saturated heterocycles. The maximum absolute atomic E-state index is 13.2. The van der Waals surface area contributed by atoms with E-state index in [4.69, 9.17) is 28.8 Å². The van der Waals surface area contributed by atoms with Gasteiger partial charge in [-0.1, -0.05) is 30.3 Å².